The number of amides is 1. The van der Waals surface area contributed by atoms with Crippen LogP contribution in [0.3, 0.4) is 0 Å². The van der Waals surface area contributed by atoms with Crippen LogP contribution >= 0.6 is 0 Å². The highest BCUT2D eigenvalue weighted by Crippen LogP contribution is 2.28. The molecule has 4 heteroatoms. The third-order valence-electron chi connectivity index (χ3n) is 7.12. The Morgan fingerprint density at radius 1 is 0.867 bits per heavy atom. The van der Waals surface area contributed by atoms with Crippen LogP contribution in [-0.4, -0.2) is 47.5 Å². The topological polar surface area (TPSA) is 32.8 Å². The maximum absolute atomic E-state index is 13.1. The molecular weight excluding hydrogens is 372 g/mol. The van der Waals surface area contributed by atoms with Crippen molar-refractivity contribution in [2.45, 2.75) is 63.6 Å². The average molecular weight is 405 g/mol. The lowest BCUT2D eigenvalue weighted by molar-refractivity contribution is 0.0723. The third-order valence-corrected chi connectivity index (χ3v) is 7.12. The molecule has 2 heterocycles. The van der Waals surface area contributed by atoms with Crippen molar-refractivity contribution < 1.29 is 9.53 Å². The fourth-order valence-corrected chi connectivity index (χ4v) is 5.37. The largest absolute Gasteiger partial charge is 0.490 e. The van der Waals surface area contributed by atoms with Gasteiger partial charge in [-0.3, -0.25) is 4.79 Å². The van der Waals surface area contributed by atoms with Gasteiger partial charge in [0.25, 0.3) is 5.91 Å². The molecule has 0 unspecified atom stereocenters. The zero-order valence-electron chi connectivity index (χ0n) is 17.8. The predicted molar refractivity (Wildman–Crippen MR) is 119 cm³/mol. The highest BCUT2D eigenvalue weighted by Gasteiger charge is 2.28. The van der Waals surface area contributed by atoms with E-state index >= 15 is 0 Å². The van der Waals surface area contributed by atoms with Crippen LogP contribution in [-0.2, 0) is 13.0 Å². The van der Waals surface area contributed by atoms with Crippen molar-refractivity contribution >= 4 is 5.91 Å². The molecule has 158 valence electrons. The second-order valence-corrected chi connectivity index (χ2v) is 9.06. The SMILES string of the molecule is O=C(c1cccc(OC2CCN(C3CCCC3)CC2)c1)N1CCc2ccccc2C1. The van der Waals surface area contributed by atoms with Gasteiger partial charge in [0.2, 0.25) is 0 Å². The van der Waals surface area contributed by atoms with Gasteiger partial charge < -0.3 is 14.5 Å². The van der Waals surface area contributed by atoms with Gasteiger partial charge in [-0.2, -0.15) is 0 Å². The number of likely N-dealkylation sites (tertiary alicyclic amines) is 1. The summed E-state index contributed by atoms with van der Waals surface area (Å²) in [6, 6.07) is 17.0. The van der Waals surface area contributed by atoms with E-state index in [9.17, 15) is 4.79 Å². The van der Waals surface area contributed by atoms with Crippen LogP contribution in [0.5, 0.6) is 5.75 Å². The Bertz CT molecular complexity index is 882. The average Bonchev–Trinajstić information content (AvgIpc) is 3.34. The van der Waals surface area contributed by atoms with E-state index in [4.69, 9.17) is 4.74 Å². The van der Waals surface area contributed by atoms with Crippen molar-refractivity contribution in [2.75, 3.05) is 19.6 Å². The zero-order valence-corrected chi connectivity index (χ0v) is 17.8. The van der Waals surface area contributed by atoms with Crippen LogP contribution in [0.2, 0.25) is 0 Å². The van der Waals surface area contributed by atoms with E-state index in [1.54, 1.807) is 0 Å². The first-order valence-electron chi connectivity index (χ1n) is 11.6. The predicted octanol–water partition coefficient (Wildman–Crippen LogP) is 4.67. The van der Waals surface area contributed by atoms with E-state index in [1.165, 1.54) is 36.8 Å². The van der Waals surface area contributed by atoms with Crippen LogP contribution in [0.25, 0.3) is 0 Å². The Morgan fingerprint density at radius 3 is 2.43 bits per heavy atom. The van der Waals surface area contributed by atoms with E-state index in [2.05, 4.69) is 29.2 Å². The molecule has 2 aromatic rings. The minimum atomic E-state index is 0.103. The molecule has 1 saturated heterocycles. The van der Waals surface area contributed by atoms with Crippen molar-refractivity contribution in [3.63, 3.8) is 0 Å². The highest BCUT2D eigenvalue weighted by molar-refractivity contribution is 5.94. The number of rotatable bonds is 4. The molecule has 0 aromatic heterocycles. The number of carbonyl (C=O) groups excluding carboxylic acids is 1. The number of ether oxygens (including phenoxy) is 1. The van der Waals surface area contributed by atoms with Crippen LogP contribution < -0.4 is 4.74 Å². The zero-order chi connectivity index (χ0) is 20.3. The highest BCUT2D eigenvalue weighted by atomic mass is 16.5. The van der Waals surface area contributed by atoms with Crippen LogP contribution in [0.15, 0.2) is 48.5 Å². The van der Waals surface area contributed by atoms with Gasteiger partial charge in [-0.1, -0.05) is 43.2 Å². The first kappa shape index (κ1) is 19.6. The van der Waals surface area contributed by atoms with Gasteiger partial charge in [0.05, 0.1) is 0 Å². The number of hydrogen-bond acceptors (Lipinski definition) is 3. The molecular formula is C26H32N2O2. The van der Waals surface area contributed by atoms with Crippen molar-refractivity contribution in [1.29, 1.82) is 0 Å². The Balaban J connectivity index is 1.19. The van der Waals surface area contributed by atoms with Gasteiger partial charge in [0, 0.05) is 37.8 Å². The Morgan fingerprint density at radius 2 is 1.63 bits per heavy atom. The number of fused-ring (bicyclic) bond motifs is 1. The number of piperidine rings is 1. The molecule has 0 N–H and O–H groups in total. The van der Waals surface area contributed by atoms with Crippen molar-refractivity contribution in [1.82, 2.24) is 9.80 Å². The summed E-state index contributed by atoms with van der Waals surface area (Å²) < 4.78 is 6.30. The number of benzene rings is 2. The van der Waals surface area contributed by atoms with Crippen LogP contribution in [0.1, 0.15) is 60.0 Å². The lowest BCUT2D eigenvalue weighted by atomic mass is 9.99. The maximum Gasteiger partial charge on any atom is 0.254 e. The molecule has 5 rings (SSSR count). The summed E-state index contributed by atoms with van der Waals surface area (Å²) in [7, 11) is 0. The molecule has 0 spiro atoms. The molecule has 3 aliphatic rings. The van der Waals surface area contributed by atoms with E-state index < -0.39 is 0 Å². The Kier molecular flexibility index (Phi) is 5.76. The minimum Gasteiger partial charge on any atom is -0.490 e. The van der Waals surface area contributed by atoms with Gasteiger partial charge in [0.1, 0.15) is 11.9 Å². The minimum absolute atomic E-state index is 0.103. The Hall–Kier alpha value is -2.33. The Labute approximate surface area is 179 Å². The maximum atomic E-state index is 13.1. The smallest absolute Gasteiger partial charge is 0.254 e. The molecule has 1 saturated carbocycles. The first-order valence-corrected chi connectivity index (χ1v) is 11.6. The van der Waals surface area contributed by atoms with E-state index in [1.807, 2.05) is 29.2 Å². The molecule has 2 fully saturated rings. The van der Waals surface area contributed by atoms with E-state index in [0.29, 0.717) is 6.54 Å². The van der Waals surface area contributed by atoms with Gasteiger partial charge in [-0.05, 0) is 61.4 Å². The molecule has 1 amide bonds. The standard InChI is InChI=1S/C26H32N2O2/c29-26(28-15-12-20-6-1-2-7-22(20)19-28)21-8-5-11-25(18-21)30-24-13-16-27(17-14-24)23-9-3-4-10-23/h1-2,5-8,11,18,23-24H,3-4,9-10,12-17,19H2. The normalized spacial score (nSPS) is 20.9. The number of hydrogen-bond donors (Lipinski definition) is 0. The summed E-state index contributed by atoms with van der Waals surface area (Å²) in [5, 5.41) is 0. The summed E-state index contributed by atoms with van der Waals surface area (Å²) in [4.78, 5) is 17.7. The molecule has 4 nitrogen and oxygen atoms in total. The second-order valence-electron chi connectivity index (χ2n) is 9.06. The summed E-state index contributed by atoms with van der Waals surface area (Å²) >= 11 is 0. The van der Waals surface area contributed by atoms with Crippen molar-refractivity contribution in [2.24, 2.45) is 0 Å². The number of carbonyl (C=O) groups is 1. The quantitative estimate of drug-likeness (QED) is 0.742. The summed E-state index contributed by atoms with van der Waals surface area (Å²) in [5.41, 5.74) is 3.36. The molecule has 0 bridgehead atoms. The van der Waals surface area contributed by atoms with Gasteiger partial charge in [-0.15, -0.1) is 0 Å². The number of nitrogens with zero attached hydrogens (tertiary/aromatic N) is 2. The van der Waals surface area contributed by atoms with E-state index in [-0.39, 0.29) is 12.0 Å². The molecule has 0 radical (unpaired) electrons. The summed E-state index contributed by atoms with van der Waals surface area (Å²) in [6.45, 7) is 3.75. The van der Waals surface area contributed by atoms with Crippen LogP contribution in [0, 0.1) is 0 Å². The fraction of sp³-hybridized carbons (Fsp3) is 0.500. The third kappa shape index (κ3) is 4.24. The second kappa shape index (κ2) is 8.81. The molecule has 0 atom stereocenters. The fourth-order valence-electron chi connectivity index (χ4n) is 5.37. The summed E-state index contributed by atoms with van der Waals surface area (Å²) in [6.07, 6.45) is 8.88. The van der Waals surface area contributed by atoms with E-state index in [0.717, 1.165) is 56.3 Å². The van der Waals surface area contributed by atoms with Crippen molar-refractivity contribution in [3.8, 4) is 5.75 Å². The van der Waals surface area contributed by atoms with Gasteiger partial charge >= 0.3 is 0 Å². The molecule has 2 aromatic carbocycles. The lowest BCUT2D eigenvalue weighted by Gasteiger charge is -2.36. The monoisotopic (exact) mass is 404 g/mol. The first-order chi connectivity index (χ1) is 14.8. The lowest BCUT2D eigenvalue weighted by Crippen LogP contribution is -2.43. The molecule has 2 aliphatic heterocycles. The molecule has 30 heavy (non-hydrogen) atoms. The summed E-state index contributed by atoms with van der Waals surface area (Å²) in [5.74, 6) is 0.934. The van der Waals surface area contributed by atoms with Crippen LogP contribution in [0.4, 0.5) is 0 Å². The van der Waals surface area contributed by atoms with Gasteiger partial charge in [-0.25, -0.2) is 0 Å². The molecule has 1 aliphatic carbocycles. The van der Waals surface area contributed by atoms with Gasteiger partial charge in [0.15, 0.2) is 0 Å². The van der Waals surface area contributed by atoms with Crippen molar-refractivity contribution in [3.05, 3.63) is 65.2 Å².